The number of rotatable bonds is 2. The van der Waals surface area contributed by atoms with Crippen molar-refractivity contribution in [1.82, 2.24) is 15.5 Å². The standard InChI is InChI=1S/C13H11N3OS2/c1-2-10(18-6-1)12-15-13(17-16-12)11-8-4-7-19-9(8)3-5-14-11/h1-2,4,6-7,11,14H,3,5H2. The second-order valence-corrected chi connectivity index (χ2v) is 6.32. The maximum absolute atomic E-state index is 5.44. The van der Waals surface area contributed by atoms with E-state index in [9.17, 15) is 0 Å². The lowest BCUT2D eigenvalue weighted by atomic mass is 10.0. The SMILES string of the molecule is c1csc(-c2noc(C3NCCc4sccc43)n2)c1. The summed E-state index contributed by atoms with van der Waals surface area (Å²) in [6, 6.07) is 6.18. The van der Waals surface area contributed by atoms with Crippen LogP contribution in [0.2, 0.25) is 0 Å². The molecule has 1 atom stereocenters. The summed E-state index contributed by atoms with van der Waals surface area (Å²) in [5.41, 5.74) is 1.28. The van der Waals surface area contributed by atoms with E-state index in [4.69, 9.17) is 4.52 Å². The highest BCUT2D eigenvalue weighted by Gasteiger charge is 2.27. The Morgan fingerprint density at radius 1 is 1.26 bits per heavy atom. The third-order valence-corrected chi connectivity index (χ3v) is 5.08. The van der Waals surface area contributed by atoms with Crippen molar-refractivity contribution in [1.29, 1.82) is 0 Å². The predicted octanol–water partition coefficient (Wildman–Crippen LogP) is 3.09. The van der Waals surface area contributed by atoms with E-state index in [1.54, 1.807) is 22.7 Å². The first kappa shape index (κ1) is 11.3. The van der Waals surface area contributed by atoms with Gasteiger partial charge in [-0.15, -0.1) is 22.7 Å². The Hall–Kier alpha value is -1.50. The molecule has 1 aliphatic heterocycles. The summed E-state index contributed by atoms with van der Waals surface area (Å²) in [5.74, 6) is 1.33. The summed E-state index contributed by atoms with van der Waals surface area (Å²) in [6.45, 7) is 0.953. The maximum Gasteiger partial charge on any atom is 0.248 e. The number of fused-ring (bicyclic) bond motifs is 1. The highest BCUT2D eigenvalue weighted by atomic mass is 32.1. The second kappa shape index (κ2) is 4.56. The van der Waals surface area contributed by atoms with Crippen LogP contribution in [0.3, 0.4) is 0 Å². The lowest BCUT2D eigenvalue weighted by molar-refractivity contribution is 0.344. The maximum atomic E-state index is 5.44. The molecule has 0 spiro atoms. The van der Waals surface area contributed by atoms with Gasteiger partial charge in [0.05, 0.1) is 4.88 Å². The molecular formula is C13H11N3OS2. The van der Waals surface area contributed by atoms with E-state index in [0.717, 1.165) is 17.8 Å². The van der Waals surface area contributed by atoms with Crippen LogP contribution in [0.25, 0.3) is 10.7 Å². The number of hydrogen-bond donors (Lipinski definition) is 1. The normalized spacial score (nSPS) is 18.4. The van der Waals surface area contributed by atoms with Crippen molar-refractivity contribution in [3.05, 3.63) is 45.3 Å². The van der Waals surface area contributed by atoms with Crippen LogP contribution in [-0.2, 0) is 6.42 Å². The van der Waals surface area contributed by atoms with Crippen molar-refractivity contribution in [2.45, 2.75) is 12.5 Å². The van der Waals surface area contributed by atoms with Gasteiger partial charge >= 0.3 is 0 Å². The topological polar surface area (TPSA) is 51.0 Å². The zero-order valence-electron chi connectivity index (χ0n) is 10.00. The molecule has 0 fully saturated rings. The fraction of sp³-hybridized carbons (Fsp3) is 0.231. The minimum atomic E-state index is 0.0382. The van der Waals surface area contributed by atoms with Crippen molar-refractivity contribution < 1.29 is 4.52 Å². The van der Waals surface area contributed by atoms with Gasteiger partial charge in [0.2, 0.25) is 11.7 Å². The minimum absolute atomic E-state index is 0.0382. The van der Waals surface area contributed by atoms with Crippen molar-refractivity contribution in [2.24, 2.45) is 0 Å². The molecule has 19 heavy (non-hydrogen) atoms. The van der Waals surface area contributed by atoms with Gasteiger partial charge < -0.3 is 9.84 Å². The smallest absolute Gasteiger partial charge is 0.248 e. The largest absolute Gasteiger partial charge is 0.337 e. The van der Waals surface area contributed by atoms with E-state index < -0.39 is 0 Å². The molecule has 1 N–H and O–H groups in total. The Labute approximate surface area is 118 Å². The third kappa shape index (κ3) is 1.92. The lowest BCUT2D eigenvalue weighted by Crippen LogP contribution is -2.29. The number of nitrogens with one attached hydrogen (secondary N) is 1. The van der Waals surface area contributed by atoms with E-state index in [1.165, 1.54) is 10.4 Å². The van der Waals surface area contributed by atoms with Gasteiger partial charge in [-0.2, -0.15) is 4.98 Å². The van der Waals surface area contributed by atoms with Gasteiger partial charge in [0.1, 0.15) is 6.04 Å². The Morgan fingerprint density at radius 2 is 2.26 bits per heavy atom. The Bertz CT molecular complexity index is 686. The fourth-order valence-corrected chi connectivity index (χ4v) is 3.90. The average Bonchev–Trinajstić information content (AvgIpc) is 3.18. The molecule has 96 valence electrons. The van der Waals surface area contributed by atoms with E-state index >= 15 is 0 Å². The van der Waals surface area contributed by atoms with Gasteiger partial charge in [0.25, 0.3) is 0 Å². The van der Waals surface area contributed by atoms with Crippen molar-refractivity contribution >= 4 is 22.7 Å². The van der Waals surface area contributed by atoms with E-state index in [1.807, 2.05) is 17.5 Å². The van der Waals surface area contributed by atoms with Crippen molar-refractivity contribution in [3.63, 3.8) is 0 Å². The van der Waals surface area contributed by atoms with Crippen molar-refractivity contribution in [3.8, 4) is 10.7 Å². The van der Waals surface area contributed by atoms with Gasteiger partial charge in [-0.1, -0.05) is 11.2 Å². The van der Waals surface area contributed by atoms with Gasteiger partial charge in [0, 0.05) is 11.4 Å². The highest BCUT2D eigenvalue weighted by molar-refractivity contribution is 7.13. The molecule has 1 unspecified atom stereocenters. The third-order valence-electron chi connectivity index (χ3n) is 3.22. The quantitative estimate of drug-likeness (QED) is 0.787. The van der Waals surface area contributed by atoms with Crippen LogP contribution in [-0.4, -0.2) is 16.7 Å². The summed E-state index contributed by atoms with van der Waals surface area (Å²) in [6.07, 6.45) is 1.08. The summed E-state index contributed by atoms with van der Waals surface area (Å²) < 4.78 is 5.44. The molecule has 0 saturated heterocycles. The number of nitrogens with zero attached hydrogens (tertiary/aromatic N) is 2. The summed E-state index contributed by atoms with van der Waals surface area (Å²) in [5, 5.41) is 11.7. The molecule has 1 aliphatic rings. The zero-order chi connectivity index (χ0) is 12.7. The lowest BCUT2D eigenvalue weighted by Gasteiger charge is -2.20. The summed E-state index contributed by atoms with van der Waals surface area (Å²) in [4.78, 5) is 6.98. The van der Waals surface area contributed by atoms with Gasteiger partial charge in [-0.3, -0.25) is 0 Å². The second-order valence-electron chi connectivity index (χ2n) is 4.37. The predicted molar refractivity (Wildman–Crippen MR) is 75.5 cm³/mol. The molecule has 4 nitrogen and oxygen atoms in total. The molecule has 3 aromatic heterocycles. The molecular weight excluding hydrogens is 278 g/mol. The molecule has 3 aromatic rings. The zero-order valence-corrected chi connectivity index (χ0v) is 11.6. The molecule has 0 aromatic carbocycles. The number of thiophene rings is 2. The number of hydrogen-bond acceptors (Lipinski definition) is 6. The molecule has 4 heterocycles. The van der Waals surface area contributed by atoms with Crippen LogP contribution in [0.15, 0.2) is 33.5 Å². The fourth-order valence-electron chi connectivity index (χ4n) is 2.33. The molecule has 6 heteroatoms. The first-order chi connectivity index (χ1) is 9.42. The molecule has 0 saturated carbocycles. The average molecular weight is 289 g/mol. The van der Waals surface area contributed by atoms with E-state index in [-0.39, 0.29) is 6.04 Å². The van der Waals surface area contributed by atoms with E-state index in [2.05, 4.69) is 26.9 Å². The molecule has 0 bridgehead atoms. The summed E-state index contributed by atoms with van der Waals surface area (Å²) >= 11 is 3.42. The Kier molecular flexibility index (Phi) is 2.72. The van der Waals surface area contributed by atoms with Crippen molar-refractivity contribution in [2.75, 3.05) is 6.54 Å². The van der Waals surface area contributed by atoms with E-state index in [0.29, 0.717) is 11.7 Å². The first-order valence-electron chi connectivity index (χ1n) is 6.09. The Morgan fingerprint density at radius 3 is 3.16 bits per heavy atom. The first-order valence-corrected chi connectivity index (χ1v) is 7.85. The summed E-state index contributed by atoms with van der Waals surface area (Å²) in [7, 11) is 0. The monoisotopic (exact) mass is 289 g/mol. The highest BCUT2D eigenvalue weighted by Crippen LogP contribution is 2.32. The van der Waals surface area contributed by atoms with Gasteiger partial charge in [-0.25, -0.2) is 0 Å². The Balaban J connectivity index is 1.71. The molecule has 4 rings (SSSR count). The van der Waals surface area contributed by atoms with Crippen LogP contribution >= 0.6 is 22.7 Å². The van der Waals surface area contributed by atoms with Crippen LogP contribution in [0.5, 0.6) is 0 Å². The van der Waals surface area contributed by atoms with Crippen LogP contribution in [0, 0.1) is 0 Å². The molecule has 0 amide bonds. The molecule has 0 aliphatic carbocycles. The minimum Gasteiger partial charge on any atom is -0.337 e. The van der Waals surface area contributed by atoms with Gasteiger partial charge in [0.15, 0.2) is 0 Å². The van der Waals surface area contributed by atoms with Gasteiger partial charge in [-0.05, 0) is 34.9 Å². The van der Waals surface area contributed by atoms with Crippen LogP contribution in [0.1, 0.15) is 22.4 Å². The number of aromatic nitrogens is 2. The van der Waals surface area contributed by atoms with Crippen LogP contribution in [0.4, 0.5) is 0 Å². The molecule has 0 radical (unpaired) electrons. The van der Waals surface area contributed by atoms with Crippen LogP contribution < -0.4 is 5.32 Å².